The van der Waals surface area contributed by atoms with E-state index in [9.17, 15) is 10.1 Å². The number of nitrogens with zero attached hydrogens (tertiary/aromatic N) is 2. The number of piperidine rings is 1. The third kappa shape index (κ3) is 3.19. The van der Waals surface area contributed by atoms with Gasteiger partial charge in [0.05, 0.1) is 11.5 Å². The number of benzene rings is 1. The molecule has 2 rings (SSSR count). The second-order valence-corrected chi connectivity index (χ2v) is 4.96. The zero-order valence-corrected chi connectivity index (χ0v) is 11.6. The normalized spacial score (nSPS) is 16.2. The van der Waals surface area contributed by atoms with Crippen molar-refractivity contribution in [2.45, 2.75) is 19.8 Å². The molecule has 0 radical (unpaired) electrons. The lowest BCUT2D eigenvalue weighted by atomic mass is 9.97. The second-order valence-electron chi connectivity index (χ2n) is 4.96. The van der Waals surface area contributed by atoms with Crippen LogP contribution in [-0.2, 0) is 0 Å². The number of nitro benzene ring substituents is 1. The molecule has 0 aliphatic carbocycles. The molecule has 1 aliphatic rings. The Kier molecular flexibility index (Phi) is 4.79. The molecule has 1 heterocycles. The van der Waals surface area contributed by atoms with Crippen LogP contribution in [0.3, 0.4) is 0 Å². The molecule has 0 bridgehead atoms. The highest BCUT2D eigenvalue weighted by atomic mass is 16.6. The predicted molar refractivity (Wildman–Crippen MR) is 76.3 cm³/mol. The lowest BCUT2D eigenvalue weighted by Crippen LogP contribution is -2.34. The van der Waals surface area contributed by atoms with Crippen LogP contribution in [-0.4, -0.2) is 36.3 Å². The molecule has 0 spiro atoms. The third-order valence-corrected chi connectivity index (χ3v) is 3.68. The van der Waals surface area contributed by atoms with Crippen LogP contribution < -0.4 is 9.64 Å². The maximum atomic E-state index is 11.0. The first kappa shape index (κ1) is 14.6. The van der Waals surface area contributed by atoms with Crippen molar-refractivity contribution in [2.24, 2.45) is 5.92 Å². The highest BCUT2D eigenvalue weighted by Crippen LogP contribution is 2.33. The molecular weight excluding hydrogens is 260 g/mol. The number of aliphatic hydroxyl groups is 1. The molecule has 6 heteroatoms. The summed E-state index contributed by atoms with van der Waals surface area (Å²) >= 11 is 0. The van der Waals surface area contributed by atoms with Crippen molar-refractivity contribution in [3.63, 3.8) is 0 Å². The van der Waals surface area contributed by atoms with E-state index in [4.69, 9.17) is 9.84 Å². The van der Waals surface area contributed by atoms with Crippen molar-refractivity contribution in [3.8, 4) is 5.75 Å². The van der Waals surface area contributed by atoms with E-state index in [1.165, 1.54) is 6.07 Å². The lowest BCUT2D eigenvalue weighted by molar-refractivity contribution is -0.385. The number of hydrogen-bond acceptors (Lipinski definition) is 5. The van der Waals surface area contributed by atoms with Crippen molar-refractivity contribution in [3.05, 3.63) is 28.3 Å². The van der Waals surface area contributed by atoms with Gasteiger partial charge in [-0.05, 0) is 31.7 Å². The van der Waals surface area contributed by atoms with Crippen LogP contribution in [0.25, 0.3) is 0 Å². The smallest absolute Gasteiger partial charge is 0.311 e. The summed E-state index contributed by atoms with van der Waals surface area (Å²) < 4.78 is 5.36. The van der Waals surface area contributed by atoms with E-state index < -0.39 is 4.92 Å². The molecular formula is C14H20N2O4. The van der Waals surface area contributed by atoms with Crippen LogP contribution in [0.4, 0.5) is 11.4 Å². The summed E-state index contributed by atoms with van der Waals surface area (Å²) in [7, 11) is 0. The van der Waals surface area contributed by atoms with E-state index in [0.29, 0.717) is 18.3 Å². The van der Waals surface area contributed by atoms with Gasteiger partial charge >= 0.3 is 5.69 Å². The molecule has 1 aromatic rings. The zero-order valence-electron chi connectivity index (χ0n) is 11.6. The Bertz CT molecular complexity index is 470. The zero-order chi connectivity index (χ0) is 14.5. The average molecular weight is 280 g/mol. The largest absolute Gasteiger partial charge is 0.487 e. The van der Waals surface area contributed by atoms with Crippen molar-refractivity contribution >= 4 is 11.4 Å². The summed E-state index contributed by atoms with van der Waals surface area (Å²) in [6, 6.07) is 5.00. The van der Waals surface area contributed by atoms with Crippen molar-refractivity contribution in [2.75, 3.05) is 31.2 Å². The Morgan fingerprint density at radius 1 is 1.45 bits per heavy atom. The average Bonchev–Trinajstić information content (AvgIpc) is 2.47. The van der Waals surface area contributed by atoms with Crippen LogP contribution in [0.2, 0.25) is 0 Å². The lowest BCUT2D eigenvalue weighted by Gasteiger charge is -2.33. The van der Waals surface area contributed by atoms with Gasteiger partial charge in [0.15, 0.2) is 5.75 Å². The van der Waals surface area contributed by atoms with Gasteiger partial charge in [0, 0.05) is 37.5 Å². The summed E-state index contributed by atoms with van der Waals surface area (Å²) in [6.45, 7) is 4.15. The topological polar surface area (TPSA) is 75.8 Å². The molecule has 1 N–H and O–H groups in total. The van der Waals surface area contributed by atoms with Crippen LogP contribution in [0, 0.1) is 16.0 Å². The molecule has 0 atom stereocenters. The van der Waals surface area contributed by atoms with E-state index in [-0.39, 0.29) is 12.3 Å². The number of ether oxygens (including phenoxy) is 1. The molecule has 1 aliphatic heterocycles. The van der Waals surface area contributed by atoms with E-state index in [2.05, 4.69) is 4.90 Å². The molecule has 1 saturated heterocycles. The molecule has 20 heavy (non-hydrogen) atoms. The summed E-state index contributed by atoms with van der Waals surface area (Å²) in [6.07, 6.45) is 1.88. The van der Waals surface area contributed by atoms with Gasteiger partial charge in [0.2, 0.25) is 0 Å². The van der Waals surface area contributed by atoms with Crippen LogP contribution in [0.1, 0.15) is 19.8 Å². The summed E-state index contributed by atoms with van der Waals surface area (Å²) in [5, 5.41) is 20.1. The van der Waals surface area contributed by atoms with Crippen molar-refractivity contribution in [1.82, 2.24) is 0 Å². The molecule has 0 saturated carbocycles. The monoisotopic (exact) mass is 280 g/mol. The molecule has 110 valence electrons. The van der Waals surface area contributed by atoms with Gasteiger partial charge in [0.1, 0.15) is 0 Å². The van der Waals surface area contributed by atoms with Gasteiger partial charge in [-0.25, -0.2) is 0 Å². The minimum atomic E-state index is -0.424. The fourth-order valence-electron chi connectivity index (χ4n) is 2.50. The molecule has 0 amide bonds. The van der Waals surface area contributed by atoms with Gasteiger partial charge in [-0.3, -0.25) is 10.1 Å². The first-order valence-electron chi connectivity index (χ1n) is 6.92. The number of aliphatic hydroxyl groups excluding tert-OH is 1. The summed E-state index contributed by atoms with van der Waals surface area (Å²) in [5.74, 6) is 0.690. The summed E-state index contributed by atoms with van der Waals surface area (Å²) in [5.41, 5.74) is 0.941. The van der Waals surface area contributed by atoms with Gasteiger partial charge in [0.25, 0.3) is 0 Å². The van der Waals surface area contributed by atoms with E-state index >= 15 is 0 Å². The van der Waals surface area contributed by atoms with E-state index in [0.717, 1.165) is 31.6 Å². The minimum absolute atomic E-state index is 0.000782. The Morgan fingerprint density at radius 3 is 2.70 bits per heavy atom. The van der Waals surface area contributed by atoms with Crippen LogP contribution in [0.5, 0.6) is 5.75 Å². The fourth-order valence-corrected chi connectivity index (χ4v) is 2.50. The van der Waals surface area contributed by atoms with Crippen LogP contribution in [0.15, 0.2) is 18.2 Å². The SMILES string of the molecule is CCOc1cc(N2CCC(CO)CC2)ccc1[N+](=O)[O-]. The van der Waals surface area contributed by atoms with Crippen molar-refractivity contribution in [1.29, 1.82) is 0 Å². The maximum Gasteiger partial charge on any atom is 0.311 e. The molecule has 0 aromatic heterocycles. The highest BCUT2D eigenvalue weighted by molar-refractivity contribution is 5.59. The number of nitro groups is 1. The molecule has 0 unspecified atom stereocenters. The Labute approximate surface area is 118 Å². The first-order chi connectivity index (χ1) is 9.65. The number of rotatable bonds is 5. The minimum Gasteiger partial charge on any atom is -0.487 e. The van der Waals surface area contributed by atoms with Gasteiger partial charge in [-0.1, -0.05) is 0 Å². The quantitative estimate of drug-likeness (QED) is 0.661. The second kappa shape index (κ2) is 6.56. The van der Waals surface area contributed by atoms with Gasteiger partial charge in [-0.2, -0.15) is 0 Å². The molecule has 1 fully saturated rings. The summed E-state index contributed by atoms with van der Waals surface area (Å²) in [4.78, 5) is 12.7. The Balaban J connectivity index is 2.16. The van der Waals surface area contributed by atoms with Crippen LogP contribution >= 0.6 is 0 Å². The fraction of sp³-hybridized carbons (Fsp3) is 0.571. The number of anilines is 1. The van der Waals surface area contributed by atoms with Crippen molar-refractivity contribution < 1.29 is 14.8 Å². The Morgan fingerprint density at radius 2 is 2.15 bits per heavy atom. The molecule has 6 nitrogen and oxygen atoms in total. The van der Waals surface area contributed by atoms with E-state index in [1.807, 2.05) is 6.92 Å². The predicted octanol–water partition coefficient (Wildman–Crippen LogP) is 2.20. The van der Waals surface area contributed by atoms with Gasteiger partial charge < -0.3 is 14.7 Å². The number of hydrogen-bond donors (Lipinski definition) is 1. The standard InChI is InChI=1S/C14H20N2O4/c1-2-20-14-9-12(3-4-13(14)16(18)19)15-7-5-11(10-17)6-8-15/h3-4,9,11,17H,2,5-8,10H2,1H3. The third-order valence-electron chi connectivity index (χ3n) is 3.68. The highest BCUT2D eigenvalue weighted by Gasteiger charge is 2.21. The Hall–Kier alpha value is -1.82. The molecule has 1 aromatic carbocycles. The van der Waals surface area contributed by atoms with E-state index in [1.54, 1.807) is 12.1 Å². The van der Waals surface area contributed by atoms with Gasteiger partial charge in [-0.15, -0.1) is 0 Å². The first-order valence-corrected chi connectivity index (χ1v) is 6.92. The maximum absolute atomic E-state index is 11.0.